The van der Waals surface area contributed by atoms with Crippen molar-refractivity contribution >= 4 is 0 Å². The second-order valence-corrected chi connectivity index (χ2v) is 4.10. The van der Waals surface area contributed by atoms with Crippen molar-refractivity contribution in [1.29, 1.82) is 0 Å². The summed E-state index contributed by atoms with van der Waals surface area (Å²) in [6, 6.07) is 0. The van der Waals surface area contributed by atoms with Crippen molar-refractivity contribution in [2.75, 3.05) is 0 Å². The van der Waals surface area contributed by atoms with Gasteiger partial charge in [0.15, 0.2) is 0 Å². The first-order valence-corrected chi connectivity index (χ1v) is 4.44. The Kier molecular flexibility index (Phi) is 1.36. The van der Waals surface area contributed by atoms with Gasteiger partial charge in [0.25, 0.3) is 0 Å². The van der Waals surface area contributed by atoms with E-state index < -0.39 is 0 Å². The molecule has 0 radical (unpaired) electrons. The van der Waals surface area contributed by atoms with Crippen LogP contribution in [0.25, 0.3) is 0 Å². The van der Waals surface area contributed by atoms with E-state index in [-0.39, 0.29) is 0 Å². The van der Waals surface area contributed by atoms with Gasteiger partial charge in [-0.25, -0.2) is 0 Å². The Balaban J connectivity index is 2.08. The molecule has 56 valence electrons. The van der Waals surface area contributed by atoms with Gasteiger partial charge in [0.1, 0.15) is 0 Å². The fourth-order valence-corrected chi connectivity index (χ4v) is 2.90. The van der Waals surface area contributed by atoms with Gasteiger partial charge >= 0.3 is 0 Å². The molecule has 0 amide bonds. The van der Waals surface area contributed by atoms with Crippen LogP contribution >= 0.6 is 0 Å². The van der Waals surface area contributed by atoms with E-state index in [1.54, 1.807) is 0 Å². The van der Waals surface area contributed by atoms with E-state index in [2.05, 4.69) is 19.6 Å². The Morgan fingerprint density at radius 3 is 2.40 bits per heavy atom. The first-order chi connectivity index (χ1) is 4.81. The lowest BCUT2D eigenvalue weighted by atomic mass is 9.83. The molecule has 2 fully saturated rings. The van der Waals surface area contributed by atoms with Gasteiger partial charge in [-0.3, -0.25) is 0 Å². The molecule has 0 aromatic carbocycles. The zero-order valence-corrected chi connectivity index (χ0v) is 6.72. The van der Waals surface area contributed by atoms with Crippen LogP contribution in [0.4, 0.5) is 0 Å². The normalized spacial score (nSPS) is 51.7. The van der Waals surface area contributed by atoms with E-state index in [1.165, 1.54) is 19.3 Å². The van der Waals surface area contributed by atoms with Crippen LogP contribution in [0, 0.1) is 23.7 Å². The van der Waals surface area contributed by atoms with Crippen LogP contribution in [0.1, 0.15) is 26.2 Å². The van der Waals surface area contributed by atoms with Gasteiger partial charge in [0.05, 0.1) is 0 Å². The zero-order chi connectivity index (χ0) is 7.14. The summed E-state index contributed by atoms with van der Waals surface area (Å²) < 4.78 is 0. The molecular formula is C10H16. The molecule has 0 aromatic rings. The number of allylic oxidation sites excluding steroid dienone is 1. The van der Waals surface area contributed by atoms with Crippen molar-refractivity contribution in [3.8, 4) is 0 Å². The van der Waals surface area contributed by atoms with Gasteiger partial charge in [-0.15, -0.1) is 6.58 Å². The standard InChI is InChI=1S/C10H16/c1-3-8-5-9-6-10(8)4-7(9)2/h3,7-10H,1,4-6H2,2H3/t7-,8?,9?,10?/m1/s1. The van der Waals surface area contributed by atoms with Crippen LogP contribution in [-0.4, -0.2) is 0 Å². The summed E-state index contributed by atoms with van der Waals surface area (Å²) in [5, 5.41) is 0. The van der Waals surface area contributed by atoms with E-state index >= 15 is 0 Å². The van der Waals surface area contributed by atoms with Crippen LogP contribution in [0.5, 0.6) is 0 Å². The average Bonchev–Trinajstić information content (AvgIpc) is 2.44. The Hall–Kier alpha value is -0.260. The van der Waals surface area contributed by atoms with Crippen molar-refractivity contribution in [3.63, 3.8) is 0 Å². The van der Waals surface area contributed by atoms with Crippen molar-refractivity contribution in [3.05, 3.63) is 12.7 Å². The highest BCUT2D eigenvalue weighted by atomic mass is 14.5. The summed E-state index contributed by atoms with van der Waals surface area (Å²) in [5.74, 6) is 3.95. The highest BCUT2D eigenvalue weighted by Crippen LogP contribution is 2.51. The van der Waals surface area contributed by atoms with Gasteiger partial charge in [-0.05, 0) is 42.9 Å². The third-order valence-corrected chi connectivity index (χ3v) is 3.57. The van der Waals surface area contributed by atoms with E-state index in [4.69, 9.17) is 0 Å². The molecule has 10 heavy (non-hydrogen) atoms. The van der Waals surface area contributed by atoms with Crippen molar-refractivity contribution in [1.82, 2.24) is 0 Å². The van der Waals surface area contributed by atoms with Crippen molar-refractivity contribution in [2.24, 2.45) is 23.7 Å². The summed E-state index contributed by atoms with van der Waals surface area (Å²) in [4.78, 5) is 0. The fraction of sp³-hybridized carbons (Fsp3) is 0.800. The van der Waals surface area contributed by atoms with Gasteiger partial charge < -0.3 is 0 Å². The molecule has 2 saturated carbocycles. The second-order valence-electron chi connectivity index (χ2n) is 4.10. The number of rotatable bonds is 1. The molecular weight excluding hydrogens is 120 g/mol. The third-order valence-electron chi connectivity index (χ3n) is 3.57. The summed E-state index contributed by atoms with van der Waals surface area (Å²) in [6.07, 6.45) is 6.59. The number of fused-ring (bicyclic) bond motifs is 2. The van der Waals surface area contributed by atoms with E-state index in [0.29, 0.717) is 0 Å². The lowest BCUT2D eigenvalue weighted by Gasteiger charge is -2.22. The van der Waals surface area contributed by atoms with Gasteiger partial charge in [-0.2, -0.15) is 0 Å². The van der Waals surface area contributed by atoms with Gasteiger partial charge in [-0.1, -0.05) is 13.0 Å². The summed E-state index contributed by atoms with van der Waals surface area (Å²) in [5.41, 5.74) is 0. The van der Waals surface area contributed by atoms with Crippen molar-refractivity contribution < 1.29 is 0 Å². The molecule has 0 spiro atoms. The van der Waals surface area contributed by atoms with E-state index in [9.17, 15) is 0 Å². The van der Waals surface area contributed by atoms with Crippen LogP contribution in [0.15, 0.2) is 12.7 Å². The second kappa shape index (κ2) is 2.11. The smallest absolute Gasteiger partial charge is 0.0205 e. The minimum atomic E-state index is 0.876. The van der Waals surface area contributed by atoms with Crippen molar-refractivity contribution in [2.45, 2.75) is 26.2 Å². The zero-order valence-electron chi connectivity index (χ0n) is 6.72. The number of hydrogen-bond donors (Lipinski definition) is 0. The lowest BCUT2D eigenvalue weighted by molar-refractivity contribution is 0.311. The van der Waals surface area contributed by atoms with Gasteiger partial charge in [0, 0.05) is 0 Å². The Morgan fingerprint density at radius 1 is 1.20 bits per heavy atom. The lowest BCUT2D eigenvalue weighted by Crippen LogP contribution is -2.13. The van der Waals surface area contributed by atoms with Crippen LogP contribution in [-0.2, 0) is 0 Å². The molecule has 2 aliphatic rings. The predicted octanol–water partition coefficient (Wildman–Crippen LogP) is 2.85. The molecule has 0 aromatic heterocycles. The minimum Gasteiger partial charge on any atom is -0.103 e. The molecule has 0 aliphatic heterocycles. The molecule has 2 bridgehead atoms. The average molecular weight is 136 g/mol. The van der Waals surface area contributed by atoms with Crippen LogP contribution in [0.2, 0.25) is 0 Å². The largest absolute Gasteiger partial charge is 0.103 e. The Bertz CT molecular complexity index is 146. The minimum absolute atomic E-state index is 0.876. The fourth-order valence-electron chi connectivity index (χ4n) is 2.90. The summed E-state index contributed by atoms with van der Waals surface area (Å²) >= 11 is 0. The highest BCUT2D eigenvalue weighted by molar-refractivity contribution is 4.99. The quantitative estimate of drug-likeness (QED) is 0.486. The molecule has 2 rings (SSSR count). The Labute approximate surface area is 63.3 Å². The molecule has 0 heterocycles. The molecule has 4 atom stereocenters. The topological polar surface area (TPSA) is 0 Å². The summed E-state index contributed by atoms with van der Waals surface area (Å²) in [6.45, 7) is 6.29. The Morgan fingerprint density at radius 2 is 2.00 bits per heavy atom. The third kappa shape index (κ3) is 0.744. The molecule has 0 nitrogen and oxygen atoms in total. The predicted molar refractivity (Wildman–Crippen MR) is 43.7 cm³/mol. The molecule has 2 aliphatic carbocycles. The van der Waals surface area contributed by atoms with E-state index in [0.717, 1.165) is 23.7 Å². The first-order valence-electron chi connectivity index (χ1n) is 4.44. The molecule has 0 N–H and O–H groups in total. The highest BCUT2D eigenvalue weighted by Gasteiger charge is 2.42. The molecule has 0 saturated heterocycles. The maximum atomic E-state index is 3.89. The maximum Gasteiger partial charge on any atom is -0.0205 e. The molecule has 0 heteroatoms. The monoisotopic (exact) mass is 136 g/mol. The van der Waals surface area contributed by atoms with Crippen LogP contribution < -0.4 is 0 Å². The number of hydrogen-bond acceptors (Lipinski definition) is 0. The van der Waals surface area contributed by atoms with E-state index in [1.807, 2.05) is 0 Å². The molecule has 3 unspecified atom stereocenters. The van der Waals surface area contributed by atoms with Crippen LogP contribution in [0.3, 0.4) is 0 Å². The van der Waals surface area contributed by atoms with Gasteiger partial charge in [0.2, 0.25) is 0 Å². The maximum absolute atomic E-state index is 3.89. The summed E-state index contributed by atoms with van der Waals surface area (Å²) in [7, 11) is 0. The SMILES string of the molecule is C=CC1CC2CC1C[C@H]2C. The first kappa shape index (κ1) is 6.45.